The lowest BCUT2D eigenvalue weighted by molar-refractivity contribution is 0.0518. The number of hydrogen-bond acceptors (Lipinski definition) is 5. The third-order valence-corrected chi connectivity index (χ3v) is 4.70. The highest BCUT2D eigenvalue weighted by Crippen LogP contribution is 2.23. The first-order valence-corrected chi connectivity index (χ1v) is 10.3. The summed E-state index contributed by atoms with van der Waals surface area (Å²) in [6.07, 6.45) is -0.497. The maximum atomic E-state index is 11.7. The molecule has 32 heavy (non-hydrogen) atoms. The summed E-state index contributed by atoms with van der Waals surface area (Å²) in [6.45, 7) is 5.88. The van der Waals surface area contributed by atoms with E-state index in [1.54, 1.807) is 57.2 Å². The van der Waals surface area contributed by atoms with Gasteiger partial charge in [-0.25, -0.2) is 9.59 Å². The van der Waals surface area contributed by atoms with E-state index < -0.39 is 23.9 Å². The number of nitrogens with zero attached hydrogens (tertiary/aromatic N) is 1. The lowest BCUT2D eigenvalue weighted by Crippen LogP contribution is -2.33. The average molecular weight is 440 g/mol. The van der Waals surface area contributed by atoms with Crippen LogP contribution in [0.3, 0.4) is 0 Å². The molecule has 0 aliphatic heterocycles. The standard InChI is InChI=1S/C24H28N2O6/c1-24(2,3)32-22(28)25-11-9-21(27)18-5-4-6-19(14-18)31-15-16-7-8-17-10-12-26(23(29)30)20(17)13-16/h4-8,10,12-14,21,27H,9,11,15H2,1-3H3,(H,25,28)(H,29,30). The summed E-state index contributed by atoms with van der Waals surface area (Å²) in [5.74, 6) is 0.579. The molecule has 1 atom stereocenters. The van der Waals surface area contributed by atoms with Gasteiger partial charge in [0, 0.05) is 18.1 Å². The Morgan fingerprint density at radius 2 is 1.91 bits per heavy atom. The molecule has 0 radical (unpaired) electrons. The van der Waals surface area contributed by atoms with Crippen molar-refractivity contribution in [2.45, 2.75) is 45.5 Å². The molecule has 1 amide bonds. The topological polar surface area (TPSA) is 110 Å². The molecule has 8 heteroatoms. The van der Waals surface area contributed by atoms with E-state index in [1.807, 2.05) is 12.1 Å². The number of hydrogen-bond donors (Lipinski definition) is 3. The number of aromatic nitrogens is 1. The summed E-state index contributed by atoms with van der Waals surface area (Å²) in [5, 5.41) is 23.2. The van der Waals surface area contributed by atoms with Crippen molar-refractivity contribution in [1.82, 2.24) is 9.88 Å². The van der Waals surface area contributed by atoms with Crippen LogP contribution in [-0.2, 0) is 11.3 Å². The van der Waals surface area contributed by atoms with E-state index in [2.05, 4.69) is 5.32 Å². The number of carbonyl (C=O) groups excluding carboxylic acids is 1. The van der Waals surface area contributed by atoms with Crippen LogP contribution in [0.2, 0.25) is 0 Å². The summed E-state index contributed by atoms with van der Waals surface area (Å²) in [6, 6.07) is 14.4. The van der Waals surface area contributed by atoms with Crippen molar-refractivity contribution in [1.29, 1.82) is 0 Å². The Morgan fingerprint density at radius 1 is 1.12 bits per heavy atom. The molecule has 0 saturated carbocycles. The maximum absolute atomic E-state index is 11.7. The molecule has 1 aromatic heterocycles. The fourth-order valence-electron chi connectivity index (χ4n) is 3.20. The number of aliphatic hydroxyl groups is 1. The molecule has 0 aliphatic carbocycles. The number of ether oxygens (including phenoxy) is 2. The molecule has 8 nitrogen and oxygen atoms in total. The number of amides is 1. The van der Waals surface area contributed by atoms with Gasteiger partial charge in [-0.3, -0.25) is 4.57 Å². The lowest BCUT2D eigenvalue weighted by atomic mass is 10.1. The number of aliphatic hydroxyl groups excluding tert-OH is 1. The van der Waals surface area contributed by atoms with Gasteiger partial charge in [-0.15, -0.1) is 0 Å². The first-order chi connectivity index (χ1) is 15.1. The second kappa shape index (κ2) is 9.74. The first kappa shape index (κ1) is 23.1. The Hall–Kier alpha value is -3.52. The van der Waals surface area contributed by atoms with Gasteiger partial charge in [0.05, 0.1) is 11.6 Å². The van der Waals surface area contributed by atoms with E-state index in [9.17, 15) is 19.8 Å². The molecule has 0 fully saturated rings. The van der Waals surface area contributed by atoms with Crippen molar-refractivity contribution in [3.8, 4) is 5.75 Å². The Balaban J connectivity index is 1.56. The SMILES string of the molecule is CC(C)(C)OC(=O)NCCC(O)c1cccc(OCc2ccc3ccn(C(=O)O)c3c2)c1. The fraction of sp³-hybridized carbons (Fsp3) is 0.333. The van der Waals surface area contributed by atoms with Crippen molar-refractivity contribution < 1.29 is 29.3 Å². The summed E-state index contributed by atoms with van der Waals surface area (Å²) in [7, 11) is 0. The Kier molecular flexibility index (Phi) is 7.05. The van der Waals surface area contributed by atoms with E-state index >= 15 is 0 Å². The minimum atomic E-state index is -1.04. The van der Waals surface area contributed by atoms with E-state index in [4.69, 9.17) is 9.47 Å². The van der Waals surface area contributed by atoms with Crippen molar-refractivity contribution in [2.24, 2.45) is 0 Å². The summed E-state index contributed by atoms with van der Waals surface area (Å²) in [4.78, 5) is 23.0. The van der Waals surface area contributed by atoms with Gasteiger partial charge in [0.1, 0.15) is 18.0 Å². The molecule has 0 saturated heterocycles. The van der Waals surface area contributed by atoms with E-state index in [0.29, 0.717) is 23.3 Å². The molecule has 3 N–H and O–H groups in total. The quantitative estimate of drug-likeness (QED) is 0.491. The number of alkyl carbamates (subject to hydrolysis) is 1. The van der Waals surface area contributed by atoms with Crippen molar-refractivity contribution in [3.05, 3.63) is 65.9 Å². The zero-order valence-electron chi connectivity index (χ0n) is 18.4. The molecule has 0 bridgehead atoms. The lowest BCUT2D eigenvalue weighted by Gasteiger charge is -2.20. The van der Waals surface area contributed by atoms with Crippen LogP contribution in [0, 0.1) is 0 Å². The van der Waals surface area contributed by atoms with E-state index in [1.165, 1.54) is 10.8 Å². The highest BCUT2D eigenvalue weighted by molar-refractivity contribution is 5.89. The van der Waals surface area contributed by atoms with Gasteiger partial charge in [0.25, 0.3) is 0 Å². The van der Waals surface area contributed by atoms with Crippen molar-refractivity contribution >= 4 is 23.1 Å². The number of carbonyl (C=O) groups is 2. The Morgan fingerprint density at radius 3 is 2.62 bits per heavy atom. The fourth-order valence-corrected chi connectivity index (χ4v) is 3.20. The number of nitrogens with one attached hydrogen (secondary N) is 1. The van der Waals surface area contributed by atoms with E-state index in [-0.39, 0.29) is 13.2 Å². The molecule has 3 aromatic rings. The van der Waals surface area contributed by atoms with Crippen molar-refractivity contribution in [3.63, 3.8) is 0 Å². The predicted molar refractivity (Wildman–Crippen MR) is 120 cm³/mol. The monoisotopic (exact) mass is 440 g/mol. The molecular weight excluding hydrogens is 412 g/mol. The van der Waals surface area contributed by atoms with E-state index in [0.717, 1.165) is 10.9 Å². The largest absolute Gasteiger partial charge is 0.489 e. The second-order valence-corrected chi connectivity index (χ2v) is 8.46. The van der Waals surface area contributed by atoms with Gasteiger partial charge in [-0.05, 0) is 62.6 Å². The second-order valence-electron chi connectivity index (χ2n) is 8.46. The zero-order chi connectivity index (χ0) is 23.3. The smallest absolute Gasteiger partial charge is 0.415 e. The molecule has 0 spiro atoms. The Bertz CT molecular complexity index is 1100. The number of rotatable bonds is 7. The summed E-state index contributed by atoms with van der Waals surface area (Å²) in [5.41, 5.74) is 1.52. The van der Waals surface area contributed by atoms with Crippen LogP contribution in [0.15, 0.2) is 54.7 Å². The molecular formula is C24H28N2O6. The van der Waals surface area contributed by atoms with Gasteiger partial charge < -0.3 is 25.0 Å². The van der Waals surface area contributed by atoms with Gasteiger partial charge in [0.2, 0.25) is 0 Å². The third kappa shape index (κ3) is 6.24. The van der Waals surface area contributed by atoms with Gasteiger partial charge >= 0.3 is 12.2 Å². The minimum absolute atomic E-state index is 0.250. The van der Waals surface area contributed by atoms with Gasteiger partial charge in [-0.2, -0.15) is 0 Å². The molecule has 1 heterocycles. The molecule has 2 aromatic carbocycles. The van der Waals surface area contributed by atoms with Crippen LogP contribution < -0.4 is 10.1 Å². The van der Waals surface area contributed by atoms with Crippen LogP contribution in [0.1, 0.15) is 44.4 Å². The Labute approximate surface area is 186 Å². The van der Waals surface area contributed by atoms with Crippen LogP contribution in [0.25, 0.3) is 10.9 Å². The van der Waals surface area contributed by atoms with Crippen LogP contribution in [-0.4, -0.2) is 39.1 Å². The third-order valence-electron chi connectivity index (χ3n) is 4.70. The highest BCUT2D eigenvalue weighted by atomic mass is 16.6. The molecule has 3 rings (SSSR count). The average Bonchev–Trinajstić information content (AvgIpc) is 3.14. The molecule has 0 aliphatic rings. The summed E-state index contributed by atoms with van der Waals surface area (Å²) < 4.78 is 12.2. The van der Waals surface area contributed by atoms with Crippen LogP contribution in [0.4, 0.5) is 9.59 Å². The number of benzene rings is 2. The van der Waals surface area contributed by atoms with Gasteiger partial charge in [0.15, 0.2) is 0 Å². The molecule has 170 valence electrons. The minimum Gasteiger partial charge on any atom is -0.489 e. The van der Waals surface area contributed by atoms with Crippen LogP contribution in [0.5, 0.6) is 5.75 Å². The van der Waals surface area contributed by atoms with Crippen LogP contribution >= 0.6 is 0 Å². The predicted octanol–water partition coefficient (Wildman–Crippen LogP) is 4.69. The highest BCUT2D eigenvalue weighted by Gasteiger charge is 2.16. The maximum Gasteiger partial charge on any atom is 0.415 e. The first-order valence-electron chi connectivity index (χ1n) is 10.3. The summed E-state index contributed by atoms with van der Waals surface area (Å²) >= 11 is 0. The van der Waals surface area contributed by atoms with Crippen molar-refractivity contribution in [2.75, 3.05) is 6.54 Å². The zero-order valence-corrected chi connectivity index (χ0v) is 18.4. The molecule has 1 unspecified atom stereocenters. The number of fused-ring (bicyclic) bond motifs is 1. The normalized spacial score (nSPS) is 12.4. The van der Waals surface area contributed by atoms with Gasteiger partial charge in [-0.1, -0.05) is 24.3 Å². The number of carboxylic acid groups (broad SMARTS) is 1.